The van der Waals surface area contributed by atoms with Gasteiger partial charge in [-0.1, -0.05) is 54.6 Å². The highest BCUT2D eigenvalue weighted by Gasteiger charge is 2.48. The molecule has 0 unspecified atom stereocenters. The summed E-state index contributed by atoms with van der Waals surface area (Å²) >= 11 is 0. The van der Waals surface area contributed by atoms with E-state index in [9.17, 15) is 10.1 Å². The lowest BCUT2D eigenvalue weighted by Crippen LogP contribution is -2.46. The minimum atomic E-state index is -0.222. The van der Waals surface area contributed by atoms with Crippen LogP contribution in [0.1, 0.15) is 47.4 Å². The summed E-state index contributed by atoms with van der Waals surface area (Å²) in [5, 5.41) is 11.7. The van der Waals surface area contributed by atoms with Crippen LogP contribution in [0.2, 0.25) is 0 Å². The van der Waals surface area contributed by atoms with Gasteiger partial charge in [-0.05, 0) is 41.4 Å². The van der Waals surface area contributed by atoms with E-state index in [2.05, 4.69) is 59.5 Å². The first-order chi connectivity index (χ1) is 13.7. The molecular weight excluding hydrogens is 348 g/mol. The second-order valence-electron chi connectivity index (χ2n) is 8.54. The highest BCUT2D eigenvalue weighted by molar-refractivity contribution is 5.72. The fourth-order valence-corrected chi connectivity index (χ4v) is 6.09. The Balaban J connectivity index is 1.61. The first-order valence-electron chi connectivity index (χ1n) is 10.2. The molecule has 0 radical (unpaired) electrons. The van der Waals surface area contributed by atoms with Gasteiger partial charge < -0.3 is 4.90 Å². The summed E-state index contributed by atoms with van der Waals surface area (Å²) < 4.78 is 0. The molecule has 0 spiro atoms. The van der Waals surface area contributed by atoms with Crippen molar-refractivity contribution in [2.75, 3.05) is 11.4 Å². The maximum atomic E-state index is 11.7. The van der Waals surface area contributed by atoms with E-state index in [1.165, 1.54) is 11.3 Å². The minimum Gasteiger partial charge on any atom is -0.363 e. The molecule has 2 aromatic rings. The number of nitro groups is 1. The number of allylic oxidation sites excluding steroid dienone is 4. The number of non-ortho nitro benzene ring substituents is 1. The maximum absolute atomic E-state index is 11.7. The molecule has 0 fully saturated rings. The summed E-state index contributed by atoms with van der Waals surface area (Å²) in [4.78, 5) is 14.0. The van der Waals surface area contributed by atoms with E-state index in [0.717, 1.165) is 30.5 Å². The number of nitro benzene ring substituents is 1. The Morgan fingerprint density at radius 3 is 2.46 bits per heavy atom. The third-order valence-electron chi connectivity index (χ3n) is 7.19. The Morgan fingerprint density at radius 2 is 1.68 bits per heavy atom. The lowest BCUT2D eigenvalue weighted by molar-refractivity contribution is -0.385. The molecule has 2 aromatic carbocycles. The number of rotatable bonds is 2. The van der Waals surface area contributed by atoms with Gasteiger partial charge in [0, 0.05) is 36.2 Å². The topological polar surface area (TPSA) is 46.4 Å². The normalized spacial score (nSPS) is 31.4. The van der Waals surface area contributed by atoms with Crippen LogP contribution in [0.25, 0.3) is 0 Å². The van der Waals surface area contributed by atoms with Crippen LogP contribution >= 0.6 is 0 Å². The van der Waals surface area contributed by atoms with Gasteiger partial charge in [-0.2, -0.15) is 0 Å². The van der Waals surface area contributed by atoms with Crippen molar-refractivity contribution in [3.05, 3.63) is 93.6 Å². The zero-order valence-corrected chi connectivity index (χ0v) is 15.6. The predicted octanol–water partition coefficient (Wildman–Crippen LogP) is 5.49. The number of benzene rings is 2. The zero-order chi connectivity index (χ0) is 18.8. The van der Waals surface area contributed by atoms with E-state index in [0.29, 0.717) is 23.8 Å². The molecule has 0 saturated carbocycles. The van der Waals surface area contributed by atoms with Gasteiger partial charge >= 0.3 is 0 Å². The van der Waals surface area contributed by atoms with Crippen molar-refractivity contribution in [3.63, 3.8) is 0 Å². The SMILES string of the molecule is O=[N+]([O-])c1cc2c3c(c1)[C@@H]1C=CC[C@H]1CN3[C@H](c1ccccc1)[C@H]1CC=C[C@H]21. The molecule has 4 aliphatic rings. The molecule has 2 heterocycles. The number of hydrogen-bond acceptors (Lipinski definition) is 3. The van der Waals surface area contributed by atoms with Crippen molar-refractivity contribution >= 4 is 11.4 Å². The Bertz CT molecular complexity index is 1010. The van der Waals surface area contributed by atoms with Crippen molar-refractivity contribution in [1.82, 2.24) is 0 Å². The van der Waals surface area contributed by atoms with E-state index < -0.39 is 0 Å². The second-order valence-corrected chi connectivity index (χ2v) is 8.54. The van der Waals surface area contributed by atoms with Gasteiger partial charge in [0.05, 0.1) is 11.0 Å². The van der Waals surface area contributed by atoms with Gasteiger partial charge in [-0.25, -0.2) is 0 Å². The highest BCUT2D eigenvalue weighted by Crippen LogP contribution is 2.59. The van der Waals surface area contributed by atoms with Crippen molar-refractivity contribution in [2.45, 2.75) is 30.7 Å². The van der Waals surface area contributed by atoms with E-state index >= 15 is 0 Å². The molecule has 2 aliphatic carbocycles. The largest absolute Gasteiger partial charge is 0.363 e. The van der Waals surface area contributed by atoms with E-state index in [-0.39, 0.29) is 16.5 Å². The first-order valence-corrected chi connectivity index (χ1v) is 10.2. The molecule has 0 amide bonds. The fraction of sp³-hybridized carbons (Fsp3) is 0.333. The van der Waals surface area contributed by atoms with E-state index in [1.807, 2.05) is 12.1 Å². The number of hydrogen-bond donors (Lipinski definition) is 0. The van der Waals surface area contributed by atoms with Crippen LogP contribution in [0.15, 0.2) is 66.8 Å². The third kappa shape index (κ3) is 2.12. The number of anilines is 1. The van der Waals surface area contributed by atoms with Crippen LogP contribution in [0.4, 0.5) is 11.4 Å². The molecule has 5 atom stereocenters. The highest BCUT2D eigenvalue weighted by atomic mass is 16.6. The quantitative estimate of drug-likeness (QED) is 0.399. The molecule has 28 heavy (non-hydrogen) atoms. The molecule has 140 valence electrons. The van der Waals surface area contributed by atoms with Crippen LogP contribution in [0.3, 0.4) is 0 Å². The molecule has 0 N–H and O–H groups in total. The van der Waals surface area contributed by atoms with Gasteiger partial charge in [-0.3, -0.25) is 10.1 Å². The summed E-state index contributed by atoms with van der Waals surface area (Å²) in [5.74, 6) is 1.52. The fourth-order valence-electron chi connectivity index (χ4n) is 6.09. The molecule has 2 aliphatic heterocycles. The van der Waals surface area contributed by atoms with Crippen molar-refractivity contribution in [2.24, 2.45) is 11.8 Å². The molecule has 0 saturated heterocycles. The summed E-state index contributed by atoms with van der Waals surface area (Å²) in [6, 6.07) is 14.8. The van der Waals surface area contributed by atoms with Crippen LogP contribution in [-0.4, -0.2) is 11.5 Å². The second kappa shape index (κ2) is 5.81. The zero-order valence-electron chi connectivity index (χ0n) is 15.6. The molecule has 6 rings (SSSR count). The third-order valence-corrected chi connectivity index (χ3v) is 7.19. The van der Waals surface area contributed by atoms with Crippen molar-refractivity contribution in [3.8, 4) is 0 Å². The van der Waals surface area contributed by atoms with Crippen LogP contribution < -0.4 is 4.90 Å². The van der Waals surface area contributed by atoms with Crippen LogP contribution in [0, 0.1) is 22.0 Å². The summed E-state index contributed by atoms with van der Waals surface area (Å²) in [6.07, 6.45) is 11.2. The monoisotopic (exact) mass is 370 g/mol. The van der Waals surface area contributed by atoms with Gasteiger partial charge in [0.1, 0.15) is 0 Å². The average molecular weight is 370 g/mol. The van der Waals surface area contributed by atoms with Gasteiger partial charge in [0.2, 0.25) is 0 Å². The predicted molar refractivity (Wildman–Crippen MR) is 110 cm³/mol. The van der Waals surface area contributed by atoms with Crippen LogP contribution in [-0.2, 0) is 0 Å². The molecule has 0 aromatic heterocycles. The Kier molecular flexibility index (Phi) is 3.34. The molecule has 0 bridgehead atoms. The van der Waals surface area contributed by atoms with Gasteiger partial charge in [-0.15, -0.1) is 0 Å². The summed E-state index contributed by atoms with van der Waals surface area (Å²) in [5.41, 5.74) is 5.19. The first kappa shape index (κ1) is 16.1. The maximum Gasteiger partial charge on any atom is 0.270 e. The Morgan fingerprint density at radius 1 is 0.964 bits per heavy atom. The minimum absolute atomic E-state index is 0.222. The van der Waals surface area contributed by atoms with Crippen molar-refractivity contribution < 1.29 is 4.92 Å². The smallest absolute Gasteiger partial charge is 0.270 e. The van der Waals surface area contributed by atoms with E-state index in [4.69, 9.17) is 0 Å². The number of fused-ring (bicyclic) bond motifs is 4. The lowest BCUT2D eigenvalue weighted by Gasteiger charge is -2.51. The lowest BCUT2D eigenvalue weighted by atomic mass is 9.70. The van der Waals surface area contributed by atoms with E-state index in [1.54, 1.807) is 0 Å². The Hall–Kier alpha value is -2.88. The van der Waals surface area contributed by atoms with Gasteiger partial charge in [0.15, 0.2) is 0 Å². The van der Waals surface area contributed by atoms with Crippen LogP contribution in [0.5, 0.6) is 0 Å². The molecule has 4 nitrogen and oxygen atoms in total. The molecular formula is C24H22N2O2. The van der Waals surface area contributed by atoms with Crippen molar-refractivity contribution in [1.29, 1.82) is 0 Å². The molecule has 4 heteroatoms. The average Bonchev–Trinajstić information content (AvgIpc) is 3.38. The number of nitrogens with zero attached hydrogens (tertiary/aromatic N) is 2. The Labute approximate surface area is 164 Å². The van der Waals surface area contributed by atoms with Gasteiger partial charge in [0.25, 0.3) is 5.69 Å². The summed E-state index contributed by atoms with van der Waals surface area (Å²) in [7, 11) is 0. The summed E-state index contributed by atoms with van der Waals surface area (Å²) in [6.45, 7) is 1.03. The standard InChI is InChI=1S/C24H22N2O2/c27-26(28)17-12-21-18-9-4-8-16(18)14-25-23(15-6-2-1-3-7-15)20-11-5-10-19(20)22(13-17)24(21)25/h1-7,9-10,12-13,16,18-20,23H,8,11,14H2/t16-,18+,19-,20-,23+/m0/s1.